The first kappa shape index (κ1) is 9.16. The molecule has 0 N–H and O–H groups in total. The molecule has 13 heavy (non-hydrogen) atoms. The molecular weight excluding hydrogens is 246 g/mol. The third kappa shape index (κ3) is 1.92. The van der Waals surface area contributed by atoms with Gasteiger partial charge in [-0.1, -0.05) is 22.9 Å². The van der Waals surface area contributed by atoms with Crippen LogP contribution in [0.25, 0.3) is 10.2 Å². The van der Waals surface area contributed by atoms with Crippen LogP contribution >= 0.6 is 27.3 Å². The van der Waals surface area contributed by atoms with Crippen molar-refractivity contribution in [2.45, 2.75) is 19.8 Å². The Bertz CT molecular complexity index is 422. The van der Waals surface area contributed by atoms with E-state index >= 15 is 0 Å². The summed E-state index contributed by atoms with van der Waals surface area (Å²) >= 11 is 5.24. The SMILES string of the molecule is CCCc1nc2cc(Br)ccc2s1. The third-order valence-corrected chi connectivity index (χ3v) is 3.45. The monoisotopic (exact) mass is 255 g/mol. The van der Waals surface area contributed by atoms with Crippen LogP contribution in [0.5, 0.6) is 0 Å². The molecule has 0 saturated heterocycles. The minimum Gasteiger partial charge on any atom is -0.241 e. The van der Waals surface area contributed by atoms with Gasteiger partial charge in [0, 0.05) is 4.47 Å². The Morgan fingerprint density at radius 1 is 1.46 bits per heavy atom. The van der Waals surface area contributed by atoms with Crippen LogP contribution in [0.2, 0.25) is 0 Å². The molecule has 3 heteroatoms. The Balaban J connectivity index is 2.49. The van der Waals surface area contributed by atoms with Gasteiger partial charge in [-0.15, -0.1) is 11.3 Å². The Kier molecular flexibility index (Phi) is 2.65. The Labute approximate surface area is 89.9 Å². The van der Waals surface area contributed by atoms with Gasteiger partial charge in [-0.3, -0.25) is 0 Å². The average molecular weight is 256 g/mol. The van der Waals surface area contributed by atoms with Crippen LogP contribution in [0.4, 0.5) is 0 Å². The zero-order valence-corrected chi connectivity index (χ0v) is 9.78. The lowest BCUT2D eigenvalue weighted by Crippen LogP contribution is -1.78. The predicted molar refractivity (Wildman–Crippen MR) is 61.3 cm³/mol. The molecule has 0 amide bonds. The van der Waals surface area contributed by atoms with Crippen molar-refractivity contribution in [1.82, 2.24) is 4.98 Å². The highest BCUT2D eigenvalue weighted by molar-refractivity contribution is 9.10. The molecule has 0 radical (unpaired) electrons. The van der Waals surface area contributed by atoms with E-state index in [1.165, 1.54) is 16.1 Å². The highest BCUT2D eigenvalue weighted by Gasteiger charge is 2.02. The van der Waals surface area contributed by atoms with E-state index in [0.717, 1.165) is 16.4 Å². The third-order valence-electron chi connectivity index (χ3n) is 1.86. The number of hydrogen-bond acceptors (Lipinski definition) is 2. The first-order valence-corrected chi connectivity index (χ1v) is 5.95. The van der Waals surface area contributed by atoms with E-state index in [9.17, 15) is 0 Å². The smallest absolute Gasteiger partial charge is 0.0938 e. The van der Waals surface area contributed by atoms with E-state index in [4.69, 9.17) is 0 Å². The zero-order chi connectivity index (χ0) is 9.26. The van der Waals surface area contributed by atoms with Gasteiger partial charge in [-0.2, -0.15) is 0 Å². The van der Waals surface area contributed by atoms with Crippen LogP contribution in [0.1, 0.15) is 18.4 Å². The fourth-order valence-electron chi connectivity index (χ4n) is 1.27. The molecule has 0 aliphatic carbocycles. The van der Waals surface area contributed by atoms with Gasteiger partial charge in [-0.25, -0.2) is 4.98 Å². The number of nitrogens with zero attached hydrogens (tertiary/aromatic N) is 1. The maximum absolute atomic E-state index is 4.55. The van der Waals surface area contributed by atoms with E-state index in [1.807, 2.05) is 0 Å². The zero-order valence-electron chi connectivity index (χ0n) is 7.38. The highest BCUT2D eigenvalue weighted by atomic mass is 79.9. The maximum Gasteiger partial charge on any atom is 0.0938 e. The molecule has 1 aromatic carbocycles. The quantitative estimate of drug-likeness (QED) is 0.791. The van der Waals surface area contributed by atoms with Crippen LogP contribution in [0.15, 0.2) is 22.7 Å². The summed E-state index contributed by atoms with van der Waals surface area (Å²) in [5.41, 5.74) is 1.11. The molecule has 1 aromatic heterocycles. The number of hydrogen-bond donors (Lipinski definition) is 0. The van der Waals surface area contributed by atoms with Crippen LogP contribution in [0.3, 0.4) is 0 Å². The molecular formula is C10H10BrNS. The highest BCUT2D eigenvalue weighted by Crippen LogP contribution is 2.25. The molecule has 68 valence electrons. The molecule has 2 rings (SSSR count). The van der Waals surface area contributed by atoms with Crippen molar-refractivity contribution in [1.29, 1.82) is 0 Å². The van der Waals surface area contributed by atoms with Gasteiger partial charge in [0.05, 0.1) is 15.2 Å². The van der Waals surface area contributed by atoms with Crippen LogP contribution in [-0.4, -0.2) is 4.98 Å². The standard InChI is InChI=1S/C10H10BrNS/c1-2-3-10-12-8-6-7(11)4-5-9(8)13-10/h4-6H,2-3H2,1H3. The van der Waals surface area contributed by atoms with Gasteiger partial charge in [-0.05, 0) is 31.0 Å². The van der Waals surface area contributed by atoms with Gasteiger partial charge < -0.3 is 0 Å². The lowest BCUT2D eigenvalue weighted by atomic mass is 10.3. The summed E-state index contributed by atoms with van der Waals surface area (Å²) in [6, 6.07) is 6.26. The van der Waals surface area contributed by atoms with Crippen LogP contribution in [-0.2, 0) is 6.42 Å². The summed E-state index contributed by atoms with van der Waals surface area (Å²) < 4.78 is 2.39. The molecule has 1 nitrogen and oxygen atoms in total. The lowest BCUT2D eigenvalue weighted by Gasteiger charge is -1.87. The molecule has 0 unspecified atom stereocenters. The number of thiazole rings is 1. The van der Waals surface area contributed by atoms with Crippen molar-refractivity contribution < 1.29 is 0 Å². The number of aromatic nitrogens is 1. The topological polar surface area (TPSA) is 12.9 Å². The second kappa shape index (κ2) is 3.76. The number of rotatable bonds is 2. The Morgan fingerprint density at radius 2 is 2.31 bits per heavy atom. The fourth-order valence-corrected chi connectivity index (χ4v) is 2.67. The first-order chi connectivity index (χ1) is 6.29. The van der Waals surface area contributed by atoms with Crippen molar-refractivity contribution in [3.05, 3.63) is 27.7 Å². The second-order valence-electron chi connectivity index (χ2n) is 2.97. The van der Waals surface area contributed by atoms with Crippen molar-refractivity contribution in [3.63, 3.8) is 0 Å². The second-order valence-corrected chi connectivity index (χ2v) is 5.00. The molecule has 0 aliphatic heterocycles. The number of halogens is 1. The molecule has 0 saturated carbocycles. The summed E-state index contributed by atoms with van der Waals surface area (Å²) in [4.78, 5) is 4.55. The molecule has 0 aliphatic rings. The molecule has 0 spiro atoms. The van der Waals surface area contributed by atoms with E-state index < -0.39 is 0 Å². The number of fused-ring (bicyclic) bond motifs is 1. The van der Waals surface area contributed by atoms with Gasteiger partial charge in [0.2, 0.25) is 0 Å². The number of benzene rings is 1. The van der Waals surface area contributed by atoms with Crippen molar-refractivity contribution in [2.24, 2.45) is 0 Å². The Morgan fingerprint density at radius 3 is 3.08 bits per heavy atom. The van der Waals surface area contributed by atoms with Gasteiger partial charge in [0.15, 0.2) is 0 Å². The van der Waals surface area contributed by atoms with Gasteiger partial charge in [0.25, 0.3) is 0 Å². The largest absolute Gasteiger partial charge is 0.241 e. The van der Waals surface area contributed by atoms with Crippen LogP contribution in [0, 0.1) is 0 Å². The predicted octanol–water partition coefficient (Wildman–Crippen LogP) is 4.01. The minimum atomic E-state index is 1.09. The Hall–Kier alpha value is -0.410. The maximum atomic E-state index is 4.55. The summed E-state index contributed by atoms with van der Waals surface area (Å²) in [6.45, 7) is 2.18. The molecule has 1 heterocycles. The summed E-state index contributed by atoms with van der Waals surface area (Å²) in [6.07, 6.45) is 2.26. The fraction of sp³-hybridized carbons (Fsp3) is 0.300. The summed E-state index contributed by atoms with van der Waals surface area (Å²) in [5.74, 6) is 0. The van der Waals surface area contributed by atoms with Gasteiger partial charge >= 0.3 is 0 Å². The minimum absolute atomic E-state index is 1.09. The molecule has 2 aromatic rings. The van der Waals surface area contributed by atoms with E-state index in [2.05, 4.69) is 46.0 Å². The van der Waals surface area contributed by atoms with Gasteiger partial charge in [0.1, 0.15) is 0 Å². The van der Waals surface area contributed by atoms with Crippen LogP contribution < -0.4 is 0 Å². The van der Waals surface area contributed by atoms with E-state index in [0.29, 0.717) is 0 Å². The number of aryl methyl sites for hydroxylation is 1. The molecule has 0 bridgehead atoms. The normalized spacial score (nSPS) is 10.9. The molecule has 0 fully saturated rings. The summed E-state index contributed by atoms with van der Waals surface area (Å²) in [7, 11) is 0. The van der Waals surface area contributed by atoms with E-state index in [1.54, 1.807) is 11.3 Å². The van der Waals surface area contributed by atoms with E-state index in [-0.39, 0.29) is 0 Å². The first-order valence-electron chi connectivity index (χ1n) is 4.34. The average Bonchev–Trinajstić information content (AvgIpc) is 2.46. The van der Waals surface area contributed by atoms with Crippen molar-refractivity contribution >= 4 is 37.5 Å². The van der Waals surface area contributed by atoms with Crippen molar-refractivity contribution in [2.75, 3.05) is 0 Å². The van der Waals surface area contributed by atoms with Crippen molar-refractivity contribution in [3.8, 4) is 0 Å². The summed E-state index contributed by atoms with van der Waals surface area (Å²) in [5, 5.41) is 1.25. The lowest BCUT2D eigenvalue weighted by molar-refractivity contribution is 0.913. The molecule has 0 atom stereocenters.